The van der Waals surface area contributed by atoms with Crippen LogP contribution >= 0.6 is 0 Å². The van der Waals surface area contributed by atoms with E-state index in [0.717, 1.165) is 6.07 Å². The monoisotopic (exact) mass is 459 g/mol. The molecule has 9 nitrogen and oxygen atoms in total. The van der Waals surface area contributed by atoms with Gasteiger partial charge in [0.15, 0.2) is 0 Å². The summed E-state index contributed by atoms with van der Waals surface area (Å²) in [5.41, 5.74) is 2.12. The minimum Gasteiger partial charge on any atom is -0.497 e. The number of benzene rings is 2. The lowest BCUT2D eigenvalue weighted by Gasteiger charge is -2.12. The molecule has 2 aromatic carbocycles. The number of carbonyl (C=O) groups is 3. The molecule has 3 rings (SSSR count). The van der Waals surface area contributed by atoms with Gasteiger partial charge in [-0.25, -0.2) is 9.59 Å². The van der Waals surface area contributed by atoms with Gasteiger partial charge in [-0.15, -0.1) is 0 Å². The van der Waals surface area contributed by atoms with Gasteiger partial charge in [-0.2, -0.15) is 5.26 Å². The Morgan fingerprint density at radius 1 is 1.03 bits per heavy atom. The van der Waals surface area contributed by atoms with Crippen LogP contribution in [0.1, 0.15) is 37.7 Å². The lowest BCUT2D eigenvalue weighted by Crippen LogP contribution is -2.13. The number of anilines is 1. The van der Waals surface area contributed by atoms with Crippen molar-refractivity contribution in [2.75, 3.05) is 12.4 Å². The number of methoxy groups -OCH3 is 1. The first-order chi connectivity index (χ1) is 16.1. The molecule has 3 aromatic rings. The molecule has 0 aliphatic rings. The van der Waals surface area contributed by atoms with Gasteiger partial charge in [-0.3, -0.25) is 4.79 Å². The van der Waals surface area contributed by atoms with Gasteiger partial charge < -0.3 is 24.8 Å². The maximum Gasteiger partial charge on any atom is 0.335 e. The fourth-order valence-corrected chi connectivity index (χ4v) is 3.52. The average molecular weight is 459 g/mol. The summed E-state index contributed by atoms with van der Waals surface area (Å²) in [6.45, 7) is 3.47. The highest BCUT2D eigenvalue weighted by molar-refractivity contribution is 6.09. The van der Waals surface area contributed by atoms with E-state index in [-0.39, 0.29) is 16.7 Å². The van der Waals surface area contributed by atoms with E-state index in [0.29, 0.717) is 34.1 Å². The summed E-state index contributed by atoms with van der Waals surface area (Å²) in [6, 6.07) is 14.1. The number of nitrogens with one attached hydrogen (secondary N) is 1. The van der Waals surface area contributed by atoms with Crippen LogP contribution in [-0.4, -0.2) is 39.7 Å². The highest BCUT2D eigenvalue weighted by Gasteiger charge is 2.17. The second-order valence-electron chi connectivity index (χ2n) is 7.40. The number of carbonyl (C=O) groups excluding carboxylic acids is 1. The molecular weight excluding hydrogens is 438 g/mol. The number of ether oxygens (including phenoxy) is 1. The Bertz CT molecular complexity index is 1350. The molecule has 34 heavy (non-hydrogen) atoms. The number of aryl methyl sites for hydroxylation is 1. The van der Waals surface area contributed by atoms with E-state index in [9.17, 15) is 29.9 Å². The predicted octanol–water partition coefficient (Wildman–Crippen LogP) is 4.04. The Balaban J connectivity index is 2.01. The molecule has 0 aliphatic heterocycles. The standard InChI is InChI=1S/C25H21N3O6/c1-14-7-16(8-19(13-26)23(29)27-20-5-4-6-22(12-20)34-3)15(2)28(14)21-10-17(24(30)31)9-18(11-21)25(32)33/h4-12H,1-3H3,(H,27,29)(H,30,31)(H,32,33). The van der Waals surface area contributed by atoms with Crippen LogP contribution in [0, 0.1) is 25.2 Å². The number of carboxylic acids is 2. The highest BCUT2D eigenvalue weighted by Crippen LogP contribution is 2.25. The molecule has 1 aromatic heterocycles. The van der Waals surface area contributed by atoms with Crippen molar-refractivity contribution in [2.24, 2.45) is 0 Å². The van der Waals surface area contributed by atoms with Crippen LogP contribution in [0.2, 0.25) is 0 Å². The van der Waals surface area contributed by atoms with E-state index in [2.05, 4.69) is 5.32 Å². The first kappa shape index (κ1) is 23.8. The molecule has 0 fully saturated rings. The molecule has 172 valence electrons. The maximum atomic E-state index is 12.7. The molecule has 0 radical (unpaired) electrons. The molecular formula is C25H21N3O6. The number of amides is 1. The summed E-state index contributed by atoms with van der Waals surface area (Å²) < 4.78 is 6.80. The number of hydrogen-bond acceptors (Lipinski definition) is 5. The number of aromatic nitrogens is 1. The van der Waals surface area contributed by atoms with Gasteiger partial charge in [-0.1, -0.05) is 6.07 Å². The topological polar surface area (TPSA) is 142 Å². The second-order valence-corrected chi connectivity index (χ2v) is 7.40. The highest BCUT2D eigenvalue weighted by atomic mass is 16.5. The number of nitrogens with zero attached hydrogens (tertiary/aromatic N) is 2. The first-order valence-corrected chi connectivity index (χ1v) is 10.0. The average Bonchev–Trinajstić information content (AvgIpc) is 3.09. The Morgan fingerprint density at radius 2 is 1.68 bits per heavy atom. The third kappa shape index (κ3) is 4.97. The van der Waals surface area contributed by atoms with Gasteiger partial charge in [-0.05, 0) is 61.9 Å². The van der Waals surface area contributed by atoms with Gasteiger partial charge in [0.05, 0.1) is 18.2 Å². The summed E-state index contributed by atoms with van der Waals surface area (Å²) in [6.07, 6.45) is 1.42. The van der Waals surface area contributed by atoms with Crippen molar-refractivity contribution in [3.8, 4) is 17.5 Å². The van der Waals surface area contributed by atoms with Crippen molar-refractivity contribution >= 4 is 29.6 Å². The van der Waals surface area contributed by atoms with Crippen molar-refractivity contribution in [3.63, 3.8) is 0 Å². The van der Waals surface area contributed by atoms with Crippen molar-refractivity contribution in [2.45, 2.75) is 13.8 Å². The molecule has 0 spiro atoms. The van der Waals surface area contributed by atoms with E-state index in [1.54, 1.807) is 48.7 Å². The summed E-state index contributed by atoms with van der Waals surface area (Å²) in [4.78, 5) is 35.6. The first-order valence-electron chi connectivity index (χ1n) is 10.0. The van der Waals surface area contributed by atoms with Crippen LogP contribution in [0.4, 0.5) is 5.69 Å². The van der Waals surface area contributed by atoms with Crippen LogP contribution in [-0.2, 0) is 4.79 Å². The van der Waals surface area contributed by atoms with E-state index in [1.807, 2.05) is 6.07 Å². The van der Waals surface area contributed by atoms with Crippen LogP contribution in [0.3, 0.4) is 0 Å². The second kappa shape index (κ2) is 9.75. The zero-order valence-corrected chi connectivity index (χ0v) is 18.6. The molecule has 0 unspecified atom stereocenters. The Morgan fingerprint density at radius 3 is 2.24 bits per heavy atom. The Kier molecular flexibility index (Phi) is 6.83. The molecule has 0 saturated carbocycles. The molecule has 1 amide bonds. The SMILES string of the molecule is COc1cccc(NC(=O)C(C#N)=Cc2cc(C)n(-c3cc(C(=O)O)cc(C(=O)O)c3)c2C)c1. The number of nitriles is 1. The third-order valence-corrected chi connectivity index (χ3v) is 5.13. The largest absolute Gasteiger partial charge is 0.497 e. The minimum absolute atomic E-state index is 0.145. The lowest BCUT2D eigenvalue weighted by molar-refractivity contribution is -0.112. The van der Waals surface area contributed by atoms with Gasteiger partial charge in [0.25, 0.3) is 5.91 Å². The number of aromatic carboxylic acids is 2. The quantitative estimate of drug-likeness (QED) is 0.357. The fourth-order valence-electron chi connectivity index (χ4n) is 3.52. The molecule has 3 N–H and O–H groups in total. The van der Waals surface area contributed by atoms with E-state index >= 15 is 0 Å². The molecule has 0 atom stereocenters. The fraction of sp³-hybridized carbons (Fsp3) is 0.120. The van der Waals surface area contributed by atoms with Crippen molar-refractivity contribution in [3.05, 3.63) is 82.2 Å². The summed E-state index contributed by atoms with van der Waals surface area (Å²) in [5, 5.41) is 31.0. The van der Waals surface area contributed by atoms with Crippen LogP contribution in [0.5, 0.6) is 5.75 Å². The van der Waals surface area contributed by atoms with Crippen molar-refractivity contribution in [1.29, 1.82) is 5.26 Å². The van der Waals surface area contributed by atoms with Crippen molar-refractivity contribution < 1.29 is 29.3 Å². The molecule has 1 heterocycles. The number of rotatable bonds is 7. The van der Waals surface area contributed by atoms with Crippen LogP contribution in [0.15, 0.2) is 54.1 Å². The van der Waals surface area contributed by atoms with Gasteiger partial charge >= 0.3 is 11.9 Å². The number of hydrogen-bond donors (Lipinski definition) is 3. The molecule has 9 heteroatoms. The zero-order chi connectivity index (χ0) is 25.0. The van der Waals surface area contributed by atoms with Gasteiger partial charge in [0.2, 0.25) is 0 Å². The third-order valence-electron chi connectivity index (χ3n) is 5.13. The van der Waals surface area contributed by atoms with Gasteiger partial charge in [0.1, 0.15) is 17.4 Å². The maximum absolute atomic E-state index is 12.7. The molecule has 0 saturated heterocycles. The Hall–Kier alpha value is -4.84. The predicted molar refractivity (Wildman–Crippen MR) is 124 cm³/mol. The molecule has 0 bridgehead atoms. The smallest absolute Gasteiger partial charge is 0.335 e. The summed E-state index contributed by atoms with van der Waals surface area (Å²) in [7, 11) is 1.50. The van der Waals surface area contributed by atoms with E-state index in [1.165, 1.54) is 25.3 Å². The number of carboxylic acid groups (broad SMARTS) is 2. The lowest BCUT2D eigenvalue weighted by atomic mass is 10.1. The van der Waals surface area contributed by atoms with E-state index < -0.39 is 17.8 Å². The zero-order valence-electron chi connectivity index (χ0n) is 18.6. The van der Waals surface area contributed by atoms with Gasteiger partial charge in [0, 0.05) is 28.8 Å². The Labute approximate surface area is 195 Å². The van der Waals surface area contributed by atoms with Crippen LogP contribution in [0.25, 0.3) is 11.8 Å². The summed E-state index contributed by atoms with van der Waals surface area (Å²) in [5.74, 6) is -2.57. The van der Waals surface area contributed by atoms with Crippen LogP contribution < -0.4 is 10.1 Å². The van der Waals surface area contributed by atoms with Crippen molar-refractivity contribution in [1.82, 2.24) is 4.57 Å². The van der Waals surface area contributed by atoms with E-state index in [4.69, 9.17) is 4.74 Å². The molecule has 0 aliphatic carbocycles. The minimum atomic E-state index is -1.26. The normalized spacial score (nSPS) is 10.9. The summed E-state index contributed by atoms with van der Waals surface area (Å²) >= 11 is 0.